The van der Waals surface area contributed by atoms with E-state index in [1.807, 2.05) is 47.5 Å². The van der Waals surface area contributed by atoms with Gasteiger partial charge in [-0.25, -0.2) is 4.98 Å². The number of nitrogens with zero attached hydrogens (tertiary/aromatic N) is 3. The van der Waals surface area contributed by atoms with Gasteiger partial charge in [0, 0.05) is 12.6 Å². The molecule has 0 bridgehead atoms. The highest BCUT2D eigenvalue weighted by Gasteiger charge is 2.26. The predicted molar refractivity (Wildman–Crippen MR) is 120 cm³/mol. The van der Waals surface area contributed by atoms with Crippen molar-refractivity contribution in [3.05, 3.63) is 51.6 Å². The van der Waals surface area contributed by atoms with Gasteiger partial charge >= 0.3 is 0 Å². The molecule has 4 rings (SSSR count). The second-order valence-corrected chi connectivity index (χ2v) is 9.25. The third kappa shape index (κ3) is 3.98. The molecule has 1 amide bonds. The Labute approximate surface area is 178 Å². The molecule has 1 saturated heterocycles. The molecule has 1 aliphatic heterocycles. The SMILES string of the molecule is CC[C@H]1CCCCN1C(=O)CSc1nc2ccsc2c(=O)n1-c1ccccc1C. The van der Waals surface area contributed by atoms with Crippen LogP contribution in [0.15, 0.2) is 45.7 Å². The molecule has 3 aromatic rings. The molecule has 0 spiro atoms. The number of thioether (sulfide) groups is 1. The lowest BCUT2D eigenvalue weighted by atomic mass is 10.0. The summed E-state index contributed by atoms with van der Waals surface area (Å²) in [6.07, 6.45) is 4.34. The summed E-state index contributed by atoms with van der Waals surface area (Å²) in [5.41, 5.74) is 2.45. The Balaban J connectivity index is 1.68. The van der Waals surface area contributed by atoms with Crippen molar-refractivity contribution < 1.29 is 4.79 Å². The minimum Gasteiger partial charge on any atom is -0.339 e. The Morgan fingerprint density at radius 3 is 2.90 bits per heavy atom. The van der Waals surface area contributed by atoms with Gasteiger partial charge in [0.15, 0.2) is 5.16 Å². The molecule has 3 heterocycles. The van der Waals surface area contributed by atoms with E-state index in [1.165, 1.54) is 29.5 Å². The average molecular weight is 428 g/mol. The maximum Gasteiger partial charge on any atom is 0.276 e. The van der Waals surface area contributed by atoms with Crippen LogP contribution >= 0.6 is 23.1 Å². The van der Waals surface area contributed by atoms with Crippen molar-refractivity contribution >= 4 is 39.2 Å². The van der Waals surface area contributed by atoms with Gasteiger partial charge in [0.05, 0.1) is 17.0 Å². The first-order valence-corrected chi connectivity index (χ1v) is 11.9. The molecule has 0 saturated carbocycles. The van der Waals surface area contributed by atoms with Gasteiger partial charge in [0.25, 0.3) is 5.56 Å². The molecule has 0 aliphatic carbocycles. The summed E-state index contributed by atoms with van der Waals surface area (Å²) in [4.78, 5) is 32.9. The summed E-state index contributed by atoms with van der Waals surface area (Å²) < 4.78 is 2.31. The zero-order chi connectivity index (χ0) is 20.4. The second-order valence-electron chi connectivity index (χ2n) is 7.39. The van der Waals surface area contributed by atoms with Crippen LogP contribution in [0.1, 0.15) is 38.2 Å². The zero-order valence-corrected chi connectivity index (χ0v) is 18.4. The van der Waals surface area contributed by atoms with Crippen LogP contribution in [0.4, 0.5) is 0 Å². The minimum absolute atomic E-state index is 0.0707. The average Bonchev–Trinajstić information content (AvgIpc) is 3.22. The number of carbonyl (C=O) groups excluding carboxylic acids is 1. The molecule has 5 nitrogen and oxygen atoms in total. The fourth-order valence-electron chi connectivity index (χ4n) is 3.98. The Kier molecular flexibility index (Phi) is 6.06. The lowest BCUT2D eigenvalue weighted by Crippen LogP contribution is -2.44. The number of rotatable bonds is 5. The molecular formula is C22H25N3O2S2. The van der Waals surface area contributed by atoms with Crippen LogP contribution in [-0.2, 0) is 4.79 Å². The van der Waals surface area contributed by atoms with E-state index in [2.05, 4.69) is 6.92 Å². The van der Waals surface area contributed by atoms with Gasteiger partial charge in [-0.3, -0.25) is 14.2 Å². The monoisotopic (exact) mass is 427 g/mol. The van der Waals surface area contributed by atoms with Crippen molar-refractivity contribution in [3.63, 3.8) is 0 Å². The fourth-order valence-corrected chi connectivity index (χ4v) is 5.63. The number of aryl methyl sites for hydroxylation is 1. The lowest BCUT2D eigenvalue weighted by Gasteiger charge is -2.35. The van der Waals surface area contributed by atoms with E-state index in [-0.39, 0.29) is 11.5 Å². The maximum absolute atomic E-state index is 13.2. The van der Waals surface area contributed by atoms with Crippen LogP contribution in [0, 0.1) is 6.92 Å². The fraction of sp³-hybridized carbons (Fsp3) is 0.409. The first-order valence-electron chi connectivity index (χ1n) is 10.1. The topological polar surface area (TPSA) is 55.2 Å². The molecule has 0 radical (unpaired) electrons. The van der Waals surface area contributed by atoms with Gasteiger partial charge in [-0.1, -0.05) is 36.9 Å². The Morgan fingerprint density at radius 1 is 1.28 bits per heavy atom. The van der Waals surface area contributed by atoms with Gasteiger partial charge in [0.2, 0.25) is 5.91 Å². The molecule has 0 unspecified atom stereocenters. The van der Waals surface area contributed by atoms with Crippen molar-refractivity contribution in [1.82, 2.24) is 14.5 Å². The van der Waals surface area contributed by atoms with Crippen molar-refractivity contribution in [3.8, 4) is 5.69 Å². The Bertz CT molecular complexity index is 1090. The van der Waals surface area contributed by atoms with E-state index in [9.17, 15) is 9.59 Å². The summed E-state index contributed by atoms with van der Waals surface area (Å²) in [5.74, 6) is 0.433. The normalized spacial score (nSPS) is 17.0. The standard InChI is InChI=1S/C22H25N3O2S2/c1-3-16-9-6-7-12-24(16)19(26)14-29-22-23-17-11-13-28-20(17)21(27)25(22)18-10-5-4-8-15(18)2/h4-5,8,10-11,13,16H,3,6-7,9,12,14H2,1-2H3/t16-/m0/s1. The number of amides is 1. The molecule has 152 valence electrons. The van der Waals surface area contributed by atoms with Crippen LogP contribution in [0.2, 0.25) is 0 Å². The highest BCUT2D eigenvalue weighted by molar-refractivity contribution is 7.99. The highest BCUT2D eigenvalue weighted by Crippen LogP contribution is 2.26. The van der Waals surface area contributed by atoms with Crippen LogP contribution in [0.3, 0.4) is 0 Å². The number of aromatic nitrogens is 2. The highest BCUT2D eigenvalue weighted by atomic mass is 32.2. The Hall–Kier alpha value is -2.12. The third-order valence-corrected chi connectivity index (χ3v) is 7.36. The largest absolute Gasteiger partial charge is 0.339 e. The second kappa shape index (κ2) is 8.71. The van der Waals surface area contributed by atoms with Crippen LogP contribution in [0.5, 0.6) is 0 Å². The molecule has 1 aromatic carbocycles. The van der Waals surface area contributed by atoms with Crippen LogP contribution < -0.4 is 5.56 Å². The molecule has 1 fully saturated rings. The smallest absolute Gasteiger partial charge is 0.276 e. The van der Waals surface area contributed by atoms with E-state index in [1.54, 1.807) is 4.57 Å². The van der Waals surface area contributed by atoms with Crippen LogP contribution in [-0.4, -0.2) is 38.7 Å². The lowest BCUT2D eigenvalue weighted by molar-refractivity contribution is -0.132. The minimum atomic E-state index is -0.0707. The van der Waals surface area contributed by atoms with E-state index < -0.39 is 0 Å². The van der Waals surface area contributed by atoms with E-state index in [0.29, 0.717) is 27.2 Å². The number of likely N-dealkylation sites (tertiary alicyclic amines) is 1. The summed E-state index contributed by atoms with van der Waals surface area (Å²) in [6.45, 7) is 4.96. The summed E-state index contributed by atoms with van der Waals surface area (Å²) >= 11 is 2.77. The molecule has 1 atom stereocenters. The Morgan fingerprint density at radius 2 is 2.10 bits per heavy atom. The van der Waals surface area contributed by atoms with Gasteiger partial charge < -0.3 is 4.90 Å². The molecule has 29 heavy (non-hydrogen) atoms. The predicted octanol–water partition coefficient (Wildman–Crippen LogP) is 4.64. The molecule has 2 aromatic heterocycles. The van der Waals surface area contributed by atoms with Gasteiger partial charge in [-0.2, -0.15) is 0 Å². The van der Waals surface area contributed by atoms with Crippen molar-refractivity contribution in [1.29, 1.82) is 0 Å². The number of fused-ring (bicyclic) bond motifs is 1. The number of carbonyl (C=O) groups is 1. The maximum atomic E-state index is 13.2. The van der Waals surface area contributed by atoms with Gasteiger partial charge in [0.1, 0.15) is 4.70 Å². The quantitative estimate of drug-likeness (QED) is 0.440. The number of para-hydroxylation sites is 1. The van der Waals surface area contributed by atoms with Crippen LogP contribution in [0.25, 0.3) is 15.9 Å². The van der Waals surface area contributed by atoms with Gasteiger partial charge in [-0.05, 0) is 55.7 Å². The molecular weight excluding hydrogens is 402 g/mol. The first kappa shape index (κ1) is 20.2. The summed E-state index contributed by atoms with van der Waals surface area (Å²) in [7, 11) is 0. The van der Waals surface area contributed by atoms with Crippen molar-refractivity contribution in [2.24, 2.45) is 0 Å². The first-order chi connectivity index (χ1) is 14.1. The van der Waals surface area contributed by atoms with Gasteiger partial charge in [-0.15, -0.1) is 11.3 Å². The summed E-state index contributed by atoms with van der Waals surface area (Å²) in [5, 5.41) is 2.47. The number of piperidine rings is 1. The van der Waals surface area contributed by atoms with Crippen molar-refractivity contribution in [2.75, 3.05) is 12.3 Å². The molecule has 0 N–H and O–H groups in total. The molecule has 1 aliphatic rings. The molecule has 7 heteroatoms. The van der Waals surface area contributed by atoms with E-state index in [0.717, 1.165) is 37.1 Å². The number of hydrogen-bond acceptors (Lipinski definition) is 5. The van der Waals surface area contributed by atoms with E-state index >= 15 is 0 Å². The number of thiophene rings is 1. The number of hydrogen-bond donors (Lipinski definition) is 0. The van der Waals surface area contributed by atoms with E-state index in [4.69, 9.17) is 4.98 Å². The third-order valence-electron chi connectivity index (χ3n) is 5.55. The summed E-state index contributed by atoms with van der Waals surface area (Å²) in [6, 6.07) is 10.0. The number of benzene rings is 1. The zero-order valence-electron chi connectivity index (χ0n) is 16.8. The van der Waals surface area contributed by atoms with Crippen molar-refractivity contribution in [2.45, 2.75) is 50.7 Å².